The lowest BCUT2D eigenvalue weighted by Crippen LogP contribution is -2.45. The summed E-state index contributed by atoms with van der Waals surface area (Å²) in [5.41, 5.74) is 1.14. The van der Waals surface area contributed by atoms with Gasteiger partial charge in [-0.25, -0.2) is 9.18 Å². The minimum absolute atomic E-state index is 0.342. The second kappa shape index (κ2) is 6.17. The third-order valence-corrected chi connectivity index (χ3v) is 2.76. The van der Waals surface area contributed by atoms with Crippen molar-refractivity contribution in [2.45, 2.75) is 32.9 Å². The summed E-state index contributed by atoms with van der Waals surface area (Å²) >= 11 is 0. The van der Waals surface area contributed by atoms with Crippen LogP contribution in [0, 0.1) is 12.7 Å². The highest BCUT2D eigenvalue weighted by Gasteiger charge is 2.16. The van der Waals surface area contributed by atoms with Gasteiger partial charge in [0.15, 0.2) is 0 Å². The maximum atomic E-state index is 13.4. The Morgan fingerprint density at radius 3 is 2.42 bits per heavy atom. The number of urea groups is 1. The lowest BCUT2D eigenvalue weighted by atomic mass is 10.1. The van der Waals surface area contributed by atoms with E-state index in [1.54, 1.807) is 26.0 Å². The van der Waals surface area contributed by atoms with E-state index in [0.29, 0.717) is 11.1 Å². The Labute approximate surface area is 110 Å². The average molecular weight is 268 g/mol. The number of carboxylic acids is 1. The van der Waals surface area contributed by atoms with Gasteiger partial charge >= 0.3 is 12.0 Å². The predicted molar refractivity (Wildman–Crippen MR) is 68.3 cm³/mol. The number of aliphatic carboxylic acids is 1. The first kappa shape index (κ1) is 14.9. The van der Waals surface area contributed by atoms with Crippen LogP contribution in [0.5, 0.6) is 0 Å². The topological polar surface area (TPSA) is 78.4 Å². The van der Waals surface area contributed by atoms with E-state index < -0.39 is 24.1 Å². The SMILES string of the molecule is Cc1ccc(C(C)NC(=O)NC(C)C(=O)O)cc1F. The molecule has 1 rings (SSSR count). The van der Waals surface area contributed by atoms with Gasteiger partial charge in [-0.2, -0.15) is 0 Å². The van der Waals surface area contributed by atoms with Crippen LogP contribution in [0.2, 0.25) is 0 Å². The maximum Gasteiger partial charge on any atom is 0.325 e. The summed E-state index contributed by atoms with van der Waals surface area (Å²) in [6.07, 6.45) is 0. The molecule has 104 valence electrons. The number of carbonyl (C=O) groups is 2. The molecule has 0 bridgehead atoms. The van der Waals surface area contributed by atoms with Crippen molar-refractivity contribution in [1.29, 1.82) is 0 Å². The highest BCUT2D eigenvalue weighted by atomic mass is 19.1. The molecule has 1 aromatic rings. The van der Waals surface area contributed by atoms with Gasteiger partial charge in [0.25, 0.3) is 0 Å². The number of amides is 2. The Bertz CT molecular complexity index is 491. The fraction of sp³-hybridized carbons (Fsp3) is 0.385. The molecule has 6 heteroatoms. The molecule has 0 fully saturated rings. The first-order chi connectivity index (χ1) is 8.81. The number of hydrogen-bond acceptors (Lipinski definition) is 2. The average Bonchev–Trinajstić information content (AvgIpc) is 2.32. The Balaban J connectivity index is 2.63. The number of halogens is 1. The van der Waals surface area contributed by atoms with Crippen molar-refractivity contribution in [3.05, 3.63) is 35.1 Å². The monoisotopic (exact) mass is 268 g/mol. The van der Waals surface area contributed by atoms with E-state index in [-0.39, 0.29) is 5.82 Å². The van der Waals surface area contributed by atoms with E-state index in [4.69, 9.17) is 5.11 Å². The van der Waals surface area contributed by atoms with Crippen molar-refractivity contribution in [3.63, 3.8) is 0 Å². The molecule has 0 radical (unpaired) electrons. The molecule has 0 aromatic heterocycles. The Hall–Kier alpha value is -2.11. The Kier molecular flexibility index (Phi) is 4.86. The van der Waals surface area contributed by atoms with Crippen LogP contribution in [0.4, 0.5) is 9.18 Å². The first-order valence-electron chi connectivity index (χ1n) is 5.87. The van der Waals surface area contributed by atoms with Gasteiger partial charge in [-0.3, -0.25) is 4.79 Å². The van der Waals surface area contributed by atoms with Crippen molar-refractivity contribution in [1.82, 2.24) is 10.6 Å². The first-order valence-corrected chi connectivity index (χ1v) is 5.87. The molecule has 0 aliphatic rings. The molecule has 0 spiro atoms. The van der Waals surface area contributed by atoms with Crippen molar-refractivity contribution < 1.29 is 19.1 Å². The second-order valence-electron chi connectivity index (χ2n) is 4.41. The minimum atomic E-state index is -1.12. The maximum absolute atomic E-state index is 13.4. The lowest BCUT2D eigenvalue weighted by Gasteiger charge is -2.17. The standard InChI is InChI=1S/C13H17FN2O3/c1-7-4-5-10(6-11(7)14)8(2)15-13(19)16-9(3)12(17)18/h4-6,8-9H,1-3H3,(H,17,18)(H2,15,16,19). The molecule has 2 amide bonds. The molecule has 3 N–H and O–H groups in total. The number of carbonyl (C=O) groups excluding carboxylic acids is 1. The van der Waals surface area contributed by atoms with Gasteiger partial charge in [0.1, 0.15) is 11.9 Å². The quantitative estimate of drug-likeness (QED) is 0.781. The molecular formula is C13H17FN2O3. The van der Waals surface area contributed by atoms with Gasteiger partial charge in [-0.1, -0.05) is 12.1 Å². The Morgan fingerprint density at radius 1 is 1.26 bits per heavy atom. The molecule has 0 aliphatic heterocycles. The van der Waals surface area contributed by atoms with Gasteiger partial charge in [0.05, 0.1) is 6.04 Å². The van der Waals surface area contributed by atoms with E-state index in [9.17, 15) is 14.0 Å². The van der Waals surface area contributed by atoms with E-state index >= 15 is 0 Å². The van der Waals surface area contributed by atoms with E-state index in [1.807, 2.05) is 0 Å². The molecule has 1 aromatic carbocycles. The highest BCUT2D eigenvalue weighted by molar-refractivity contribution is 5.82. The van der Waals surface area contributed by atoms with Crippen LogP contribution in [0.15, 0.2) is 18.2 Å². The molecule has 0 saturated carbocycles. The predicted octanol–water partition coefficient (Wildman–Crippen LogP) is 1.97. The van der Waals surface area contributed by atoms with Crippen molar-refractivity contribution >= 4 is 12.0 Å². The summed E-state index contributed by atoms with van der Waals surface area (Å²) in [6.45, 7) is 4.70. The minimum Gasteiger partial charge on any atom is -0.480 e. The summed E-state index contributed by atoms with van der Waals surface area (Å²) < 4.78 is 13.4. The molecule has 0 saturated heterocycles. The number of hydrogen-bond donors (Lipinski definition) is 3. The van der Waals surface area contributed by atoms with Gasteiger partial charge in [0.2, 0.25) is 0 Å². The number of aryl methyl sites for hydroxylation is 1. The normalized spacial score (nSPS) is 13.5. The zero-order chi connectivity index (χ0) is 14.6. The van der Waals surface area contributed by atoms with Crippen LogP contribution in [0.1, 0.15) is 31.0 Å². The zero-order valence-corrected chi connectivity index (χ0v) is 11.0. The van der Waals surface area contributed by atoms with Crippen LogP contribution in [0.25, 0.3) is 0 Å². The summed E-state index contributed by atoms with van der Waals surface area (Å²) in [5.74, 6) is -1.46. The summed E-state index contributed by atoms with van der Waals surface area (Å²) in [6, 6.07) is 2.67. The van der Waals surface area contributed by atoms with Crippen molar-refractivity contribution in [2.75, 3.05) is 0 Å². The molecule has 0 heterocycles. The molecule has 5 nitrogen and oxygen atoms in total. The van der Waals surface area contributed by atoms with E-state index in [2.05, 4.69) is 10.6 Å². The molecular weight excluding hydrogens is 251 g/mol. The largest absolute Gasteiger partial charge is 0.480 e. The number of rotatable bonds is 4. The van der Waals surface area contributed by atoms with E-state index in [1.165, 1.54) is 13.0 Å². The fourth-order valence-corrected chi connectivity index (χ4v) is 1.46. The number of carboxylic acid groups (broad SMARTS) is 1. The Morgan fingerprint density at radius 2 is 1.89 bits per heavy atom. The third kappa shape index (κ3) is 4.24. The fourth-order valence-electron chi connectivity index (χ4n) is 1.46. The number of nitrogens with one attached hydrogen (secondary N) is 2. The molecule has 19 heavy (non-hydrogen) atoms. The van der Waals surface area contributed by atoms with Crippen molar-refractivity contribution in [2.24, 2.45) is 0 Å². The summed E-state index contributed by atoms with van der Waals surface area (Å²) in [5, 5.41) is 13.5. The van der Waals surface area contributed by atoms with Crippen LogP contribution in [0.3, 0.4) is 0 Å². The van der Waals surface area contributed by atoms with Gasteiger partial charge in [0, 0.05) is 0 Å². The highest BCUT2D eigenvalue weighted by Crippen LogP contribution is 2.16. The van der Waals surface area contributed by atoms with Crippen LogP contribution < -0.4 is 10.6 Å². The lowest BCUT2D eigenvalue weighted by molar-refractivity contribution is -0.138. The van der Waals surface area contributed by atoms with Crippen LogP contribution in [-0.2, 0) is 4.79 Å². The van der Waals surface area contributed by atoms with Crippen molar-refractivity contribution in [3.8, 4) is 0 Å². The van der Waals surface area contributed by atoms with E-state index in [0.717, 1.165) is 0 Å². The van der Waals surface area contributed by atoms with Gasteiger partial charge < -0.3 is 15.7 Å². The summed E-state index contributed by atoms with van der Waals surface area (Å²) in [4.78, 5) is 22.1. The second-order valence-corrected chi connectivity index (χ2v) is 4.41. The molecule has 2 unspecified atom stereocenters. The van der Waals surface area contributed by atoms with Crippen LogP contribution in [-0.4, -0.2) is 23.1 Å². The summed E-state index contributed by atoms with van der Waals surface area (Å²) in [7, 11) is 0. The van der Waals surface area contributed by atoms with Gasteiger partial charge in [-0.05, 0) is 38.0 Å². The molecule has 2 atom stereocenters. The zero-order valence-electron chi connectivity index (χ0n) is 11.0. The van der Waals surface area contributed by atoms with Gasteiger partial charge in [-0.15, -0.1) is 0 Å². The smallest absolute Gasteiger partial charge is 0.325 e. The third-order valence-electron chi connectivity index (χ3n) is 2.76. The molecule has 0 aliphatic carbocycles. The van der Waals surface area contributed by atoms with Crippen LogP contribution >= 0.6 is 0 Å². The number of benzene rings is 1.